The van der Waals surface area contributed by atoms with Gasteiger partial charge in [0.1, 0.15) is 0 Å². The summed E-state index contributed by atoms with van der Waals surface area (Å²) in [6.07, 6.45) is 9.58. The van der Waals surface area contributed by atoms with Crippen molar-refractivity contribution in [1.29, 1.82) is 0 Å². The molecule has 0 aromatic rings. The quantitative estimate of drug-likeness (QED) is 0.173. The molecule has 4 heteroatoms. The van der Waals surface area contributed by atoms with Crippen LogP contribution < -0.4 is 0 Å². The van der Waals surface area contributed by atoms with Crippen molar-refractivity contribution in [3.63, 3.8) is 0 Å². The molecule has 0 rings (SSSR count). The molecular weight excluding hydrogens is 292 g/mol. The van der Waals surface area contributed by atoms with Gasteiger partial charge in [-0.2, -0.15) is 0 Å². The molecule has 0 aromatic carbocycles. The number of rotatable bonds is 15. The Hall–Kier alpha value is -0.613. The molecule has 0 atom stereocenters. The molecule has 0 unspecified atom stereocenters. The summed E-state index contributed by atoms with van der Waals surface area (Å²) in [5.41, 5.74) is 0. The van der Waals surface area contributed by atoms with Crippen molar-refractivity contribution in [2.45, 2.75) is 83.8 Å². The van der Waals surface area contributed by atoms with Gasteiger partial charge in [0.25, 0.3) is 0 Å². The van der Waals surface area contributed by atoms with Crippen LogP contribution in [0.15, 0.2) is 12.7 Å². The van der Waals surface area contributed by atoms with Gasteiger partial charge in [-0.05, 0) is 18.1 Å². The van der Waals surface area contributed by atoms with E-state index < -0.39 is 8.32 Å². The summed E-state index contributed by atoms with van der Waals surface area (Å²) in [7, 11) is -1.60. The number of ether oxygens (including phenoxy) is 1. The van der Waals surface area contributed by atoms with Gasteiger partial charge >= 0.3 is 5.97 Å². The zero-order valence-corrected chi connectivity index (χ0v) is 16.0. The van der Waals surface area contributed by atoms with Crippen LogP contribution in [-0.2, 0) is 14.0 Å². The lowest BCUT2D eigenvalue weighted by molar-refractivity contribution is -0.137. The van der Waals surface area contributed by atoms with Gasteiger partial charge in [0.15, 0.2) is 8.32 Å². The van der Waals surface area contributed by atoms with Crippen molar-refractivity contribution in [1.82, 2.24) is 0 Å². The Morgan fingerprint density at radius 3 is 1.82 bits per heavy atom. The average Bonchev–Trinajstić information content (AvgIpc) is 2.55. The summed E-state index contributed by atoms with van der Waals surface area (Å²) in [6, 6.07) is 3.86. The highest BCUT2D eigenvalue weighted by Crippen LogP contribution is 2.29. The Morgan fingerprint density at radius 1 is 0.909 bits per heavy atom. The van der Waals surface area contributed by atoms with E-state index in [1.54, 1.807) is 0 Å². The first-order chi connectivity index (χ1) is 10.6. The SMILES string of the molecule is C=CC(=O)OCCCO[Si](CCCC)(CCCC)CCCC. The molecule has 22 heavy (non-hydrogen) atoms. The highest BCUT2D eigenvalue weighted by atomic mass is 28.4. The summed E-state index contributed by atoms with van der Waals surface area (Å²) in [6.45, 7) is 11.3. The lowest BCUT2D eigenvalue weighted by atomic mass is 10.4. The van der Waals surface area contributed by atoms with Gasteiger partial charge in [-0.3, -0.25) is 0 Å². The van der Waals surface area contributed by atoms with Gasteiger partial charge in [-0.25, -0.2) is 4.79 Å². The summed E-state index contributed by atoms with van der Waals surface area (Å²) < 4.78 is 11.5. The van der Waals surface area contributed by atoms with E-state index in [0.29, 0.717) is 6.61 Å². The molecule has 0 N–H and O–H groups in total. The Balaban J connectivity index is 4.38. The lowest BCUT2D eigenvalue weighted by Crippen LogP contribution is -2.38. The van der Waals surface area contributed by atoms with Crippen LogP contribution in [-0.4, -0.2) is 27.5 Å². The van der Waals surface area contributed by atoms with E-state index in [1.165, 1.54) is 62.7 Å². The minimum atomic E-state index is -1.60. The van der Waals surface area contributed by atoms with E-state index in [0.717, 1.165) is 13.0 Å². The molecule has 0 heterocycles. The number of unbranched alkanes of at least 4 members (excludes halogenated alkanes) is 3. The van der Waals surface area contributed by atoms with Gasteiger partial charge in [-0.1, -0.05) is 65.9 Å². The van der Waals surface area contributed by atoms with Gasteiger partial charge in [-0.15, -0.1) is 0 Å². The zero-order chi connectivity index (χ0) is 16.7. The smallest absolute Gasteiger partial charge is 0.330 e. The third kappa shape index (κ3) is 10.2. The molecule has 0 aliphatic rings. The zero-order valence-electron chi connectivity index (χ0n) is 15.0. The predicted molar refractivity (Wildman–Crippen MR) is 96.6 cm³/mol. The second-order valence-corrected chi connectivity index (χ2v) is 10.2. The first-order valence-corrected chi connectivity index (χ1v) is 11.6. The minimum absolute atomic E-state index is 0.341. The molecule has 0 fully saturated rings. The lowest BCUT2D eigenvalue weighted by Gasteiger charge is -2.32. The van der Waals surface area contributed by atoms with Crippen LogP contribution >= 0.6 is 0 Å². The summed E-state index contributed by atoms with van der Waals surface area (Å²) >= 11 is 0. The van der Waals surface area contributed by atoms with Crippen molar-refractivity contribution >= 4 is 14.3 Å². The minimum Gasteiger partial charge on any atom is -0.462 e. The molecule has 0 spiro atoms. The molecule has 0 aliphatic carbocycles. The first-order valence-electron chi connectivity index (χ1n) is 9.07. The number of carbonyl (C=O) groups excluding carboxylic acids is 1. The maximum absolute atomic E-state index is 11.0. The summed E-state index contributed by atoms with van der Waals surface area (Å²) in [4.78, 5) is 11.0. The number of hydrogen-bond acceptors (Lipinski definition) is 3. The highest BCUT2D eigenvalue weighted by molar-refractivity contribution is 6.73. The normalized spacial score (nSPS) is 11.4. The Morgan fingerprint density at radius 2 is 1.41 bits per heavy atom. The van der Waals surface area contributed by atoms with Crippen molar-refractivity contribution in [3.05, 3.63) is 12.7 Å². The Labute approximate surface area is 138 Å². The van der Waals surface area contributed by atoms with E-state index >= 15 is 0 Å². The number of hydrogen-bond donors (Lipinski definition) is 0. The van der Waals surface area contributed by atoms with Crippen LogP contribution in [0.1, 0.15) is 65.7 Å². The van der Waals surface area contributed by atoms with Crippen LogP contribution in [0.3, 0.4) is 0 Å². The maximum atomic E-state index is 11.0. The van der Waals surface area contributed by atoms with E-state index in [1.807, 2.05) is 0 Å². The molecule has 0 amide bonds. The van der Waals surface area contributed by atoms with Crippen molar-refractivity contribution in [2.24, 2.45) is 0 Å². The average molecular weight is 329 g/mol. The third-order valence-corrected chi connectivity index (χ3v) is 8.68. The van der Waals surface area contributed by atoms with Crippen LogP contribution in [0.2, 0.25) is 18.1 Å². The number of esters is 1. The van der Waals surface area contributed by atoms with Crippen molar-refractivity contribution in [2.75, 3.05) is 13.2 Å². The Bertz CT molecular complexity index is 270. The second-order valence-electron chi connectivity index (χ2n) is 6.07. The molecular formula is C18H36O3Si. The van der Waals surface area contributed by atoms with Crippen molar-refractivity contribution < 1.29 is 14.0 Å². The van der Waals surface area contributed by atoms with E-state index in [2.05, 4.69) is 27.4 Å². The van der Waals surface area contributed by atoms with Gasteiger partial charge in [0.2, 0.25) is 0 Å². The third-order valence-electron chi connectivity index (χ3n) is 4.07. The highest BCUT2D eigenvalue weighted by Gasteiger charge is 2.32. The molecule has 3 nitrogen and oxygen atoms in total. The molecule has 0 aromatic heterocycles. The van der Waals surface area contributed by atoms with Crippen LogP contribution in [0.4, 0.5) is 0 Å². The molecule has 0 saturated heterocycles. The summed E-state index contributed by atoms with van der Waals surface area (Å²) in [5, 5.41) is 0. The van der Waals surface area contributed by atoms with E-state index in [9.17, 15) is 4.79 Å². The van der Waals surface area contributed by atoms with Gasteiger partial charge in [0, 0.05) is 19.1 Å². The van der Waals surface area contributed by atoms with Crippen LogP contribution in [0, 0.1) is 0 Å². The second kappa shape index (κ2) is 14.0. The molecule has 0 bridgehead atoms. The van der Waals surface area contributed by atoms with Crippen LogP contribution in [0.5, 0.6) is 0 Å². The molecule has 0 saturated carbocycles. The molecule has 130 valence electrons. The summed E-state index contributed by atoms with van der Waals surface area (Å²) in [5.74, 6) is -0.341. The van der Waals surface area contributed by atoms with Gasteiger partial charge in [0.05, 0.1) is 6.61 Å². The van der Waals surface area contributed by atoms with Crippen LogP contribution in [0.25, 0.3) is 0 Å². The standard InChI is InChI=1S/C18H36O3Si/c1-5-9-15-22(16-10-6-2,17-11-7-3)21-14-12-13-20-18(19)8-4/h8H,4-7,9-17H2,1-3H3. The largest absolute Gasteiger partial charge is 0.462 e. The maximum Gasteiger partial charge on any atom is 0.330 e. The molecule has 0 aliphatic heterocycles. The Kier molecular flexibility index (Phi) is 13.6. The number of carbonyl (C=O) groups is 1. The topological polar surface area (TPSA) is 35.5 Å². The van der Waals surface area contributed by atoms with E-state index in [-0.39, 0.29) is 5.97 Å². The predicted octanol–water partition coefficient (Wildman–Crippen LogP) is 5.47. The fraction of sp³-hybridized carbons (Fsp3) is 0.833. The first kappa shape index (κ1) is 21.4. The van der Waals surface area contributed by atoms with Gasteiger partial charge < -0.3 is 9.16 Å². The fourth-order valence-electron chi connectivity index (χ4n) is 2.67. The molecule has 0 radical (unpaired) electrons. The fourth-order valence-corrected chi connectivity index (χ4v) is 7.42. The monoisotopic (exact) mass is 328 g/mol. The van der Waals surface area contributed by atoms with Crippen molar-refractivity contribution in [3.8, 4) is 0 Å². The van der Waals surface area contributed by atoms with E-state index in [4.69, 9.17) is 9.16 Å².